The number of ether oxygens (including phenoxy) is 1. The molecule has 4 nitrogen and oxygen atoms in total. The van der Waals surface area contributed by atoms with E-state index in [1.165, 1.54) is 4.88 Å². The number of aromatic nitrogens is 1. The van der Waals surface area contributed by atoms with Gasteiger partial charge in [0.05, 0.1) is 24.4 Å². The molecule has 2 atom stereocenters. The van der Waals surface area contributed by atoms with E-state index in [1.807, 2.05) is 43.5 Å². The molecule has 1 aliphatic heterocycles. The Morgan fingerprint density at radius 1 is 1.15 bits per heavy atom. The highest BCUT2D eigenvalue weighted by molar-refractivity contribution is 7.80. The van der Waals surface area contributed by atoms with Gasteiger partial charge in [-0.2, -0.15) is 0 Å². The van der Waals surface area contributed by atoms with Crippen LogP contribution in [0, 0.1) is 0 Å². The van der Waals surface area contributed by atoms with Gasteiger partial charge in [0.1, 0.15) is 5.75 Å². The Morgan fingerprint density at radius 2 is 2.00 bits per heavy atom. The van der Waals surface area contributed by atoms with Gasteiger partial charge in [0.25, 0.3) is 0 Å². The van der Waals surface area contributed by atoms with E-state index in [0.717, 1.165) is 17.1 Å². The normalized spacial score (nSPS) is 19.4. The van der Waals surface area contributed by atoms with Crippen LogP contribution in [0.5, 0.6) is 5.75 Å². The van der Waals surface area contributed by atoms with Crippen LogP contribution in [-0.2, 0) is 0 Å². The Labute approximate surface area is 162 Å². The van der Waals surface area contributed by atoms with Crippen LogP contribution in [0.15, 0.2) is 66.2 Å². The Morgan fingerprint density at radius 3 is 2.65 bits per heavy atom. The molecular weight excluding hydrogens is 362 g/mol. The fourth-order valence-electron chi connectivity index (χ4n) is 3.25. The van der Waals surface area contributed by atoms with Gasteiger partial charge in [-0.25, -0.2) is 0 Å². The number of hydrogen-bond donors (Lipinski definition) is 1. The summed E-state index contributed by atoms with van der Waals surface area (Å²) in [7, 11) is 0. The molecule has 132 valence electrons. The lowest BCUT2D eigenvalue weighted by Crippen LogP contribution is -2.29. The predicted molar refractivity (Wildman–Crippen MR) is 110 cm³/mol. The molecule has 0 bridgehead atoms. The molecule has 1 aliphatic rings. The highest BCUT2D eigenvalue weighted by Crippen LogP contribution is 2.43. The van der Waals surface area contributed by atoms with Gasteiger partial charge >= 0.3 is 0 Å². The minimum Gasteiger partial charge on any atom is -0.494 e. The number of thiophene rings is 1. The first-order chi connectivity index (χ1) is 12.8. The Balaban J connectivity index is 1.73. The molecule has 6 heteroatoms. The molecule has 1 aromatic carbocycles. The number of nitrogens with one attached hydrogen (secondary N) is 1. The van der Waals surface area contributed by atoms with Crippen molar-refractivity contribution in [1.82, 2.24) is 10.3 Å². The van der Waals surface area contributed by atoms with E-state index >= 15 is 0 Å². The molecule has 1 fully saturated rings. The van der Waals surface area contributed by atoms with Crippen LogP contribution >= 0.6 is 23.6 Å². The van der Waals surface area contributed by atoms with Crippen molar-refractivity contribution in [2.75, 3.05) is 11.5 Å². The summed E-state index contributed by atoms with van der Waals surface area (Å²) in [4.78, 5) is 7.99. The largest absolute Gasteiger partial charge is 0.494 e. The number of rotatable bonds is 5. The SMILES string of the molecule is CCOc1ccc(N2C(=S)N[C@@H](c3ccccn3)[C@@H]2c2cccs2)cc1. The summed E-state index contributed by atoms with van der Waals surface area (Å²) in [6, 6.07) is 18.4. The third-order valence-corrected chi connectivity index (χ3v) is 5.62. The summed E-state index contributed by atoms with van der Waals surface area (Å²) >= 11 is 7.43. The summed E-state index contributed by atoms with van der Waals surface area (Å²) in [6.07, 6.45) is 1.82. The van der Waals surface area contributed by atoms with Crippen LogP contribution in [0.25, 0.3) is 0 Å². The van der Waals surface area contributed by atoms with Gasteiger partial charge in [0.15, 0.2) is 5.11 Å². The molecule has 0 spiro atoms. The lowest BCUT2D eigenvalue weighted by molar-refractivity contribution is 0.340. The lowest BCUT2D eigenvalue weighted by Gasteiger charge is -2.27. The van der Waals surface area contributed by atoms with E-state index < -0.39 is 0 Å². The zero-order valence-electron chi connectivity index (χ0n) is 14.3. The van der Waals surface area contributed by atoms with Gasteiger partial charge in [-0.15, -0.1) is 11.3 Å². The fraction of sp³-hybridized carbons (Fsp3) is 0.200. The van der Waals surface area contributed by atoms with Gasteiger partial charge in [-0.05, 0) is 67.0 Å². The second-order valence-electron chi connectivity index (χ2n) is 5.94. The minimum absolute atomic E-state index is 0.00826. The van der Waals surface area contributed by atoms with Gasteiger partial charge in [-0.1, -0.05) is 12.1 Å². The monoisotopic (exact) mass is 381 g/mol. The predicted octanol–water partition coefficient (Wildman–Crippen LogP) is 4.72. The molecule has 26 heavy (non-hydrogen) atoms. The first-order valence-corrected chi connectivity index (χ1v) is 9.83. The quantitative estimate of drug-likeness (QED) is 0.647. The Hall–Kier alpha value is -2.44. The Bertz CT molecular complexity index is 866. The van der Waals surface area contributed by atoms with Gasteiger partial charge < -0.3 is 15.0 Å². The smallest absolute Gasteiger partial charge is 0.174 e. The van der Waals surface area contributed by atoms with E-state index in [4.69, 9.17) is 17.0 Å². The van der Waals surface area contributed by atoms with Crippen molar-refractivity contribution in [1.29, 1.82) is 0 Å². The van der Waals surface area contributed by atoms with Gasteiger partial charge in [-0.3, -0.25) is 4.98 Å². The van der Waals surface area contributed by atoms with Crippen molar-refractivity contribution in [3.05, 3.63) is 76.7 Å². The standard InChI is InChI=1S/C20H19N3OS2/c1-2-24-15-10-8-14(9-11-15)23-19(17-7-5-13-26-17)18(22-20(23)25)16-6-3-4-12-21-16/h3-13,18-19H,2H2,1H3,(H,22,25)/t18-,19-/m0/s1. The molecule has 0 unspecified atom stereocenters. The van der Waals surface area contributed by atoms with E-state index in [0.29, 0.717) is 11.7 Å². The van der Waals surface area contributed by atoms with Crippen molar-refractivity contribution in [2.24, 2.45) is 0 Å². The summed E-state index contributed by atoms with van der Waals surface area (Å²) in [5, 5.41) is 6.28. The molecule has 3 aromatic rings. The first kappa shape index (κ1) is 17.0. The van der Waals surface area contributed by atoms with Crippen LogP contribution in [0.2, 0.25) is 0 Å². The summed E-state index contributed by atoms with van der Waals surface area (Å²) < 4.78 is 5.56. The lowest BCUT2D eigenvalue weighted by atomic mass is 10.0. The maximum Gasteiger partial charge on any atom is 0.174 e. The summed E-state index contributed by atoms with van der Waals surface area (Å²) in [5.74, 6) is 0.864. The average Bonchev–Trinajstić information content (AvgIpc) is 3.31. The van der Waals surface area contributed by atoms with Crippen molar-refractivity contribution >= 4 is 34.4 Å². The molecule has 0 saturated carbocycles. The third kappa shape index (κ3) is 3.18. The molecular formula is C20H19N3OS2. The van der Waals surface area contributed by atoms with Crippen molar-refractivity contribution in [3.8, 4) is 5.75 Å². The number of hydrogen-bond acceptors (Lipinski definition) is 4. The van der Waals surface area contributed by atoms with Crippen LogP contribution in [0.1, 0.15) is 29.6 Å². The summed E-state index contributed by atoms with van der Waals surface area (Å²) in [6.45, 7) is 2.64. The van der Waals surface area contributed by atoms with Crippen LogP contribution < -0.4 is 15.0 Å². The third-order valence-electron chi connectivity index (χ3n) is 4.36. The minimum atomic E-state index is 0.00826. The molecule has 0 aliphatic carbocycles. The average molecular weight is 382 g/mol. The number of anilines is 1. The first-order valence-electron chi connectivity index (χ1n) is 8.55. The van der Waals surface area contributed by atoms with E-state index in [9.17, 15) is 0 Å². The second-order valence-corrected chi connectivity index (χ2v) is 7.30. The highest BCUT2D eigenvalue weighted by Gasteiger charge is 2.41. The molecule has 0 amide bonds. The van der Waals surface area contributed by atoms with Crippen LogP contribution in [0.4, 0.5) is 5.69 Å². The van der Waals surface area contributed by atoms with E-state index in [1.54, 1.807) is 11.3 Å². The molecule has 4 rings (SSSR count). The van der Waals surface area contributed by atoms with Crippen molar-refractivity contribution < 1.29 is 4.74 Å². The number of pyridine rings is 1. The Kier molecular flexibility index (Phi) is 4.86. The molecule has 2 aromatic heterocycles. The second kappa shape index (κ2) is 7.43. The maximum absolute atomic E-state index is 5.70. The molecule has 1 saturated heterocycles. The highest BCUT2D eigenvalue weighted by atomic mass is 32.1. The number of nitrogens with zero attached hydrogens (tertiary/aromatic N) is 2. The number of benzene rings is 1. The van der Waals surface area contributed by atoms with E-state index in [2.05, 4.69) is 44.8 Å². The van der Waals surface area contributed by atoms with E-state index in [-0.39, 0.29) is 12.1 Å². The van der Waals surface area contributed by atoms with Crippen molar-refractivity contribution in [3.63, 3.8) is 0 Å². The van der Waals surface area contributed by atoms with Crippen LogP contribution in [0.3, 0.4) is 0 Å². The van der Waals surface area contributed by atoms with Crippen molar-refractivity contribution in [2.45, 2.75) is 19.0 Å². The number of thiocarbonyl (C=S) groups is 1. The molecule has 3 heterocycles. The summed E-state index contributed by atoms with van der Waals surface area (Å²) in [5.41, 5.74) is 2.03. The molecule has 0 radical (unpaired) electrons. The zero-order chi connectivity index (χ0) is 17.9. The van der Waals surface area contributed by atoms with Crippen LogP contribution in [-0.4, -0.2) is 16.7 Å². The van der Waals surface area contributed by atoms with Gasteiger partial charge in [0, 0.05) is 16.8 Å². The zero-order valence-corrected chi connectivity index (χ0v) is 16.0. The maximum atomic E-state index is 5.70. The van der Waals surface area contributed by atoms with Gasteiger partial charge in [0.2, 0.25) is 0 Å². The molecule has 1 N–H and O–H groups in total. The topological polar surface area (TPSA) is 37.4 Å². The fourth-order valence-corrected chi connectivity index (χ4v) is 4.45.